The fraction of sp³-hybridized carbons (Fsp3) is 0.300. The van der Waals surface area contributed by atoms with E-state index in [1.165, 1.54) is 12.1 Å². The number of thioether (sulfide) groups is 1. The molecule has 2 rings (SSSR count). The molecule has 4 heteroatoms. The fourth-order valence-electron chi connectivity index (χ4n) is 1.25. The van der Waals surface area contributed by atoms with E-state index in [0.29, 0.717) is 0 Å². The van der Waals surface area contributed by atoms with Crippen molar-refractivity contribution in [3.8, 4) is 0 Å². The number of nitrogens with one attached hydrogen (secondary N) is 1. The van der Waals surface area contributed by atoms with Crippen LogP contribution in [0.5, 0.6) is 0 Å². The van der Waals surface area contributed by atoms with Crippen molar-refractivity contribution in [2.45, 2.75) is 6.92 Å². The Morgan fingerprint density at radius 3 is 3.07 bits per heavy atom. The van der Waals surface area contributed by atoms with Gasteiger partial charge in [-0.1, -0.05) is 17.8 Å². The van der Waals surface area contributed by atoms with Gasteiger partial charge in [0, 0.05) is 11.4 Å². The average Bonchev–Trinajstić information content (AvgIpc) is 2.64. The number of benzene rings is 1. The summed E-state index contributed by atoms with van der Waals surface area (Å²) >= 11 is 1.67. The molecule has 0 unspecified atom stereocenters. The molecule has 1 aromatic rings. The monoisotopic (exact) mass is 210 g/mol. The fourth-order valence-corrected chi connectivity index (χ4v) is 2.00. The van der Waals surface area contributed by atoms with Crippen molar-refractivity contribution >= 4 is 22.6 Å². The molecule has 0 saturated heterocycles. The van der Waals surface area contributed by atoms with Gasteiger partial charge in [-0.15, -0.1) is 0 Å². The van der Waals surface area contributed by atoms with Crippen molar-refractivity contribution in [3.05, 3.63) is 29.6 Å². The van der Waals surface area contributed by atoms with Crippen molar-refractivity contribution in [1.82, 2.24) is 0 Å². The third kappa shape index (κ3) is 2.07. The third-order valence-corrected chi connectivity index (χ3v) is 2.92. The van der Waals surface area contributed by atoms with Gasteiger partial charge in [0.05, 0.1) is 6.54 Å². The second-order valence-electron chi connectivity index (χ2n) is 3.12. The first-order valence-electron chi connectivity index (χ1n) is 4.46. The van der Waals surface area contributed by atoms with Crippen LogP contribution in [0.2, 0.25) is 0 Å². The zero-order chi connectivity index (χ0) is 9.97. The summed E-state index contributed by atoms with van der Waals surface area (Å²) in [7, 11) is 0. The predicted octanol–water partition coefficient (Wildman–Crippen LogP) is 2.65. The summed E-state index contributed by atoms with van der Waals surface area (Å²) in [6.45, 7) is 2.79. The molecule has 0 radical (unpaired) electrons. The van der Waals surface area contributed by atoms with Crippen LogP contribution in [0.15, 0.2) is 23.2 Å². The summed E-state index contributed by atoms with van der Waals surface area (Å²) in [5.41, 5.74) is 1.83. The SMILES string of the molecule is Cc1ccc(F)cc1NC1=NCCS1. The summed E-state index contributed by atoms with van der Waals surface area (Å²) in [6, 6.07) is 4.72. The molecule has 0 saturated carbocycles. The predicted molar refractivity (Wildman–Crippen MR) is 59.5 cm³/mol. The quantitative estimate of drug-likeness (QED) is 0.770. The molecule has 0 aromatic heterocycles. The number of amidine groups is 1. The minimum absolute atomic E-state index is 0.221. The molecular formula is C10H11FN2S. The van der Waals surface area contributed by atoms with Crippen LogP contribution in [0, 0.1) is 12.7 Å². The average molecular weight is 210 g/mol. The normalized spacial score (nSPS) is 15.4. The van der Waals surface area contributed by atoms with Gasteiger partial charge >= 0.3 is 0 Å². The van der Waals surface area contributed by atoms with Crippen molar-refractivity contribution in [2.75, 3.05) is 17.6 Å². The van der Waals surface area contributed by atoms with Crippen LogP contribution in [-0.4, -0.2) is 17.5 Å². The van der Waals surface area contributed by atoms with Gasteiger partial charge in [-0.3, -0.25) is 4.99 Å². The summed E-state index contributed by atoms with van der Waals surface area (Å²) in [4.78, 5) is 4.25. The van der Waals surface area contributed by atoms with Gasteiger partial charge in [-0.25, -0.2) is 4.39 Å². The van der Waals surface area contributed by atoms with Crippen LogP contribution in [-0.2, 0) is 0 Å². The molecule has 0 bridgehead atoms. The van der Waals surface area contributed by atoms with Crippen LogP contribution in [0.3, 0.4) is 0 Å². The lowest BCUT2D eigenvalue weighted by Crippen LogP contribution is -2.06. The number of rotatable bonds is 1. The van der Waals surface area contributed by atoms with Crippen LogP contribution in [0.1, 0.15) is 5.56 Å². The first-order valence-corrected chi connectivity index (χ1v) is 5.45. The summed E-state index contributed by atoms with van der Waals surface area (Å²) in [6.07, 6.45) is 0. The van der Waals surface area contributed by atoms with Gasteiger partial charge in [0.15, 0.2) is 5.17 Å². The molecule has 0 spiro atoms. The zero-order valence-electron chi connectivity index (χ0n) is 7.88. The number of aliphatic imine (C=N–C) groups is 1. The van der Waals surface area contributed by atoms with E-state index in [9.17, 15) is 4.39 Å². The van der Waals surface area contributed by atoms with E-state index in [-0.39, 0.29) is 5.82 Å². The lowest BCUT2D eigenvalue weighted by molar-refractivity contribution is 0.628. The first kappa shape index (κ1) is 9.52. The van der Waals surface area contributed by atoms with Crippen molar-refractivity contribution in [3.63, 3.8) is 0 Å². The van der Waals surface area contributed by atoms with Crippen LogP contribution in [0.25, 0.3) is 0 Å². The lowest BCUT2D eigenvalue weighted by atomic mass is 10.2. The molecule has 1 heterocycles. The number of halogens is 1. The van der Waals surface area contributed by atoms with E-state index < -0.39 is 0 Å². The molecule has 74 valence electrons. The first-order chi connectivity index (χ1) is 6.75. The largest absolute Gasteiger partial charge is 0.335 e. The molecule has 1 aromatic carbocycles. The molecule has 0 aliphatic carbocycles. The Bertz CT molecular complexity index is 376. The molecule has 1 aliphatic heterocycles. The maximum absolute atomic E-state index is 12.9. The molecule has 0 amide bonds. The van der Waals surface area contributed by atoms with Gasteiger partial charge in [0.25, 0.3) is 0 Å². The standard InChI is InChI=1S/C10H11FN2S/c1-7-2-3-8(11)6-9(7)13-10-12-4-5-14-10/h2-3,6H,4-5H2,1H3,(H,12,13). The van der Waals surface area contributed by atoms with Gasteiger partial charge in [-0.05, 0) is 24.6 Å². The Hall–Kier alpha value is -1.03. The molecule has 1 aliphatic rings. The topological polar surface area (TPSA) is 24.4 Å². The Morgan fingerprint density at radius 1 is 1.50 bits per heavy atom. The minimum atomic E-state index is -0.221. The van der Waals surface area contributed by atoms with Gasteiger partial charge in [0.1, 0.15) is 5.82 Å². The Balaban J connectivity index is 2.19. The number of nitrogens with zero attached hydrogens (tertiary/aromatic N) is 1. The van der Waals surface area contributed by atoms with E-state index in [1.54, 1.807) is 17.8 Å². The third-order valence-electron chi connectivity index (χ3n) is 2.03. The highest BCUT2D eigenvalue weighted by Gasteiger charge is 2.08. The zero-order valence-corrected chi connectivity index (χ0v) is 8.70. The molecule has 14 heavy (non-hydrogen) atoms. The maximum Gasteiger partial charge on any atom is 0.161 e. The van der Waals surface area contributed by atoms with Gasteiger partial charge in [-0.2, -0.15) is 0 Å². The van der Waals surface area contributed by atoms with E-state index in [2.05, 4.69) is 10.3 Å². The molecule has 1 N–H and O–H groups in total. The number of hydrogen-bond donors (Lipinski definition) is 1. The van der Waals surface area contributed by atoms with Gasteiger partial charge < -0.3 is 5.32 Å². The van der Waals surface area contributed by atoms with E-state index in [4.69, 9.17) is 0 Å². The highest BCUT2D eigenvalue weighted by molar-refractivity contribution is 8.14. The lowest BCUT2D eigenvalue weighted by Gasteiger charge is -2.08. The maximum atomic E-state index is 12.9. The molecule has 2 nitrogen and oxygen atoms in total. The van der Waals surface area contributed by atoms with Crippen molar-refractivity contribution < 1.29 is 4.39 Å². The Labute approximate surface area is 86.6 Å². The second kappa shape index (κ2) is 4.00. The van der Waals surface area contributed by atoms with Crippen LogP contribution < -0.4 is 5.32 Å². The Morgan fingerprint density at radius 2 is 2.36 bits per heavy atom. The van der Waals surface area contributed by atoms with Crippen molar-refractivity contribution in [1.29, 1.82) is 0 Å². The van der Waals surface area contributed by atoms with E-state index in [1.807, 2.05) is 6.92 Å². The van der Waals surface area contributed by atoms with Crippen molar-refractivity contribution in [2.24, 2.45) is 4.99 Å². The van der Waals surface area contributed by atoms with Gasteiger partial charge in [0.2, 0.25) is 0 Å². The van der Waals surface area contributed by atoms with Crippen LogP contribution >= 0.6 is 11.8 Å². The molecule has 0 atom stereocenters. The highest BCUT2D eigenvalue weighted by atomic mass is 32.2. The summed E-state index contributed by atoms with van der Waals surface area (Å²) in [5, 5.41) is 4.01. The minimum Gasteiger partial charge on any atom is -0.335 e. The number of anilines is 1. The smallest absolute Gasteiger partial charge is 0.161 e. The molecular weight excluding hydrogens is 199 g/mol. The van der Waals surface area contributed by atoms with E-state index >= 15 is 0 Å². The highest BCUT2D eigenvalue weighted by Crippen LogP contribution is 2.20. The number of aryl methyl sites for hydroxylation is 1. The summed E-state index contributed by atoms with van der Waals surface area (Å²) in [5.74, 6) is 0.790. The number of hydrogen-bond acceptors (Lipinski definition) is 3. The second-order valence-corrected chi connectivity index (χ2v) is 4.20. The summed E-state index contributed by atoms with van der Waals surface area (Å²) < 4.78 is 12.9. The van der Waals surface area contributed by atoms with Crippen LogP contribution in [0.4, 0.5) is 10.1 Å². The Kier molecular flexibility index (Phi) is 2.72. The van der Waals surface area contributed by atoms with E-state index in [0.717, 1.165) is 28.7 Å². The molecule has 0 fully saturated rings.